The topological polar surface area (TPSA) is 41.8 Å². The van der Waals surface area contributed by atoms with Gasteiger partial charge in [0, 0.05) is 22.8 Å². The largest absolute Gasteiger partial charge is 0.399 e. The van der Waals surface area contributed by atoms with Gasteiger partial charge in [0.1, 0.15) is 0 Å². The van der Waals surface area contributed by atoms with Gasteiger partial charge in [0.15, 0.2) is 0 Å². The van der Waals surface area contributed by atoms with Crippen LogP contribution in [0.4, 0.5) is 5.69 Å². The Morgan fingerprint density at radius 1 is 0.875 bits per heavy atom. The molecule has 0 aliphatic heterocycles. The van der Waals surface area contributed by atoms with E-state index in [4.69, 9.17) is 5.73 Å². The second-order valence-electron chi connectivity index (χ2n) is 3.87. The van der Waals surface area contributed by atoms with Crippen LogP contribution >= 0.6 is 0 Å². The lowest BCUT2D eigenvalue weighted by Crippen LogP contribution is -1.84. The first-order valence-corrected chi connectivity index (χ1v) is 5.26. The van der Waals surface area contributed by atoms with Crippen molar-refractivity contribution in [2.75, 3.05) is 5.73 Å². The summed E-state index contributed by atoms with van der Waals surface area (Å²) in [6.07, 6.45) is 1.96. The van der Waals surface area contributed by atoms with Gasteiger partial charge in [-0.1, -0.05) is 24.3 Å². The van der Waals surface area contributed by atoms with Crippen LogP contribution in [-0.2, 0) is 0 Å². The molecule has 0 atom stereocenters. The van der Waals surface area contributed by atoms with Gasteiger partial charge in [-0.05, 0) is 35.4 Å². The fourth-order valence-electron chi connectivity index (χ4n) is 2.00. The van der Waals surface area contributed by atoms with Crippen LogP contribution < -0.4 is 5.73 Å². The van der Waals surface area contributed by atoms with Crippen molar-refractivity contribution in [3.63, 3.8) is 0 Å². The molecule has 2 nitrogen and oxygen atoms in total. The van der Waals surface area contributed by atoms with E-state index in [2.05, 4.69) is 41.4 Å². The lowest BCUT2D eigenvalue weighted by atomic mass is 10.0. The van der Waals surface area contributed by atoms with Crippen molar-refractivity contribution in [1.82, 2.24) is 4.98 Å². The van der Waals surface area contributed by atoms with Gasteiger partial charge >= 0.3 is 0 Å². The normalized spacial score (nSPS) is 10.8. The highest BCUT2D eigenvalue weighted by Gasteiger charge is 2.03. The minimum Gasteiger partial charge on any atom is -0.399 e. The van der Waals surface area contributed by atoms with Crippen molar-refractivity contribution in [1.29, 1.82) is 0 Å². The van der Waals surface area contributed by atoms with Gasteiger partial charge in [-0.3, -0.25) is 0 Å². The summed E-state index contributed by atoms with van der Waals surface area (Å²) in [6, 6.07) is 16.3. The maximum absolute atomic E-state index is 5.69. The predicted octanol–water partition coefficient (Wildman–Crippen LogP) is 3.42. The van der Waals surface area contributed by atoms with E-state index in [1.165, 1.54) is 16.5 Å². The molecule has 0 aliphatic carbocycles. The molecular weight excluding hydrogens is 196 g/mol. The summed E-state index contributed by atoms with van der Waals surface area (Å²) in [6.45, 7) is 0. The van der Waals surface area contributed by atoms with Crippen LogP contribution in [0.3, 0.4) is 0 Å². The number of nitrogen functional groups attached to an aromatic ring is 1. The molecule has 1 heterocycles. The number of aromatic nitrogens is 1. The molecule has 0 bridgehead atoms. The standard InChI is InChI=1S/C14H12N2/c15-11-6-4-10(5-7-11)12-2-1-3-14-13(12)8-9-16-14/h1-9,16H,15H2. The number of aromatic amines is 1. The molecule has 0 unspecified atom stereocenters. The quantitative estimate of drug-likeness (QED) is 0.591. The molecular formula is C14H12N2. The average molecular weight is 208 g/mol. The van der Waals surface area contributed by atoms with E-state index in [1.54, 1.807) is 0 Å². The molecule has 3 rings (SSSR count). The second kappa shape index (κ2) is 3.42. The van der Waals surface area contributed by atoms with Gasteiger partial charge in [0.2, 0.25) is 0 Å². The zero-order valence-corrected chi connectivity index (χ0v) is 8.77. The van der Waals surface area contributed by atoms with Gasteiger partial charge in [-0.15, -0.1) is 0 Å². The van der Waals surface area contributed by atoms with Crippen molar-refractivity contribution >= 4 is 16.6 Å². The van der Waals surface area contributed by atoms with E-state index in [0.717, 1.165) is 11.2 Å². The molecule has 0 radical (unpaired) electrons. The highest BCUT2D eigenvalue weighted by Crippen LogP contribution is 2.28. The number of nitrogens with one attached hydrogen (secondary N) is 1. The van der Waals surface area contributed by atoms with E-state index in [0.29, 0.717) is 0 Å². The summed E-state index contributed by atoms with van der Waals surface area (Å²) < 4.78 is 0. The summed E-state index contributed by atoms with van der Waals surface area (Å²) in [4.78, 5) is 3.22. The van der Waals surface area contributed by atoms with Gasteiger partial charge in [-0.25, -0.2) is 0 Å². The third-order valence-corrected chi connectivity index (χ3v) is 2.82. The molecule has 2 aromatic carbocycles. The number of benzene rings is 2. The van der Waals surface area contributed by atoms with Crippen LogP contribution in [0.25, 0.3) is 22.0 Å². The molecule has 1 aromatic heterocycles. The van der Waals surface area contributed by atoms with E-state index in [1.807, 2.05) is 18.3 Å². The van der Waals surface area contributed by atoms with Crippen LogP contribution in [0.15, 0.2) is 54.7 Å². The molecule has 0 amide bonds. The van der Waals surface area contributed by atoms with Crippen molar-refractivity contribution in [3.8, 4) is 11.1 Å². The second-order valence-corrected chi connectivity index (χ2v) is 3.87. The molecule has 78 valence electrons. The third-order valence-electron chi connectivity index (χ3n) is 2.82. The maximum Gasteiger partial charge on any atom is 0.0460 e. The first kappa shape index (κ1) is 9.04. The number of anilines is 1. The minimum atomic E-state index is 0.796. The van der Waals surface area contributed by atoms with E-state index < -0.39 is 0 Å². The molecule has 0 aliphatic rings. The van der Waals surface area contributed by atoms with Crippen molar-refractivity contribution in [2.24, 2.45) is 0 Å². The molecule has 0 saturated heterocycles. The average Bonchev–Trinajstić information content (AvgIpc) is 2.78. The Balaban J connectivity index is 2.25. The SMILES string of the molecule is Nc1ccc(-c2cccc3[nH]ccc23)cc1. The monoisotopic (exact) mass is 208 g/mol. The van der Waals surface area contributed by atoms with Crippen LogP contribution in [-0.4, -0.2) is 4.98 Å². The van der Waals surface area contributed by atoms with Gasteiger partial charge in [0.05, 0.1) is 0 Å². The Bertz CT molecular complexity index is 621. The first-order chi connectivity index (χ1) is 7.84. The zero-order valence-electron chi connectivity index (χ0n) is 8.77. The molecule has 0 spiro atoms. The fraction of sp³-hybridized carbons (Fsp3) is 0. The van der Waals surface area contributed by atoms with Crippen LogP contribution in [0.2, 0.25) is 0 Å². The van der Waals surface area contributed by atoms with Crippen LogP contribution in [0.5, 0.6) is 0 Å². The Hall–Kier alpha value is -2.22. The van der Waals surface area contributed by atoms with Crippen LogP contribution in [0.1, 0.15) is 0 Å². The number of H-pyrrole nitrogens is 1. The van der Waals surface area contributed by atoms with Gasteiger partial charge in [-0.2, -0.15) is 0 Å². The Morgan fingerprint density at radius 3 is 2.50 bits per heavy atom. The number of fused-ring (bicyclic) bond motifs is 1. The predicted molar refractivity (Wildman–Crippen MR) is 68.1 cm³/mol. The van der Waals surface area contributed by atoms with Crippen molar-refractivity contribution < 1.29 is 0 Å². The van der Waals surface area contributed by atoms with E-state index in [9.17, 15) is 0 Å². The summed E-state index contributed by atoms with van der Waals surface area (Å²) >= 11 is 0. The Morgan fingerprint density at radius 2 is 1.69 bits per heavy atom. The number of nitrogens with two attached hydrogens (primary N) is 1. The number of hydrogen-bond donors (Lipinski definition) is 2. The molecule has 0 saturated carbocycles. The summed E-state index contributed by atoms with van der Waals surface area (Å²) in [7, 11) is 0. The molecule has 3 N–H and O–H groups in total. The summed E-state index contributed by atoms with van der Waals surface area (Å²) in [5.74, 6) is 0. The zero-order chi connectivity index (χ0) is 11.0. The molecule has 2 heteroatoms. The Kier molecular flexibility index (Phi) is 1.93. The maximum atomic E-state index is 5.69. The summed E-state index contributed by atoms with van der Waals surface area (Å²) in [5, 5.41) is 1.24. The summed E-state index contributed by atoms with van der Waals surface area (Å²) in [5.41, 5.74) is 10.1. The smallest absolute Gasteiger partial charge is 0.0460 e. The Labute approximate surface area is 93.7 Å². The number of rotatable bonds is 1. The lowest BCUT2D eigenvalue weighted by molar-refractivity contribution is 1.48. The first-order valence-electron chi connectivity index (χ1n) is 5.26. The molecule has 3 aromatic rings. The molecule has 16 heavy (non-hydrogen) atoms. The fourth-order valence-corrected chi connectivity index (χ4v) is 2.00. The lowest BCUT2D eigenvalue weighted by Gasteiger charge is -2.04. The van der Waals surface area contributed by atoms with E-state index in [-0.39, 0.29) is 0 Å². The third kappa shape index (κ3) is 1.36. The van der Waals surface area contributed by atoms with Gasteiger partial charge in [0.25, 0.3) is 0 Å². The van der Waals surface area contributed by atoms with Crippen molar-refractivity contribution in [3.05, 3.63) is 54.7 Å². The highest BCUT2D eigenvalue weighted by atomic mass is 14.7. The van der Waals surface area contributed by atoms with E-state index >= 15 is 0 Å². The molecule has 0 fully saturated rings. The van der Waals surface area contributed by atoms with Crippen molar-refractivity contribution in [2.45, 2.75) is 0 Å². The minimum absolute atomic E-state index is 0.796. The van der Waals surface area contributed by atoms with Gasteiger partial charge < -0.3 is 10.7 Å². The highest BCUT2D eigenvalue weighted by molar-refractivity contribution is 5.95. The number of hydrogen-bond acceptors (Lipinski definition) is 1. The van der Waals surface area contributed by atoms with Crippen LogP contribution in [0, 0.1) is 0 Å².